The lowest BCUT2D eigenvalue weighted by Gasteiger charge is -2.18. The Hall–Kier alpha value is -3.00. The molecule has 0 saturated carbocycles. The molecule has 26 heavy (non-hydrogen) atoms. The van der Waals surface area contributed by atoms with E-state index in [-0.39, 0.29) is 5.91 Å². The van der Waals surface area contributed by atoms with Crippen LogP contribution in [0.4, 0.5) is 5.13 Å². The van der Waals surface area contributed by atoms with Crippen molar-refractivity contribution in [2.45, 2.75) is 6.92 Å². The molecule has 0 saturated heterocycles. The predicted octanol–water partition coefficient (Wildman–Crippen LogP) is 3.28. The van der Waals surface area contributed by atoms with Crippen LogP contribution in [0, 0.1) is 0 Å². The third-order valence-electron chi connectivity index (χ3n) is 3.75. The molecule has 8 heteroatoms. The van der Waals surface area contributed by atoms with E-state index in [0.717, 1.165) is 5.56 Å². The molecule has 2 aromatic heterocycles. The van der Waals surface area contributed by atoms with Crippen molar-refractivity contribution in [1.29, 1.82) is 0 Å². The van der Waals surface area contributed by atoms with E-state index >= 15 is 0 Å². The Morgan fingerprint density at radius 1 is 1.15 bits per heavy atom. The summed E-state index contributed by atoms with van der Waals surface area (Å²) < 4.78 is 10.5. The molecule has 1 aromatic carbocycles. The van der Waals surface area contributed by atoms with Crippen molar-refractivity contribution in [1.82, 2.24) is 15.2 Å². The van der Waals surface area contributed by atoms with Gasteiger partial charge in [0.15, 0.2) is 16.5 Å². The lowest BCUT2D eigenvalue weighted by atomic mass is 10.1. The minimum absolute atomic E-state index is 0.178. The van der Waals surface area contributed by atoms with Gasteiger partial charge in [-0.05, 0) is 37.3 Å². The van der Waals surface area contributed by atoms with Crippen molar-refractivity contribution in [3.05, 3.63) is 48.3 Å². The molecule has 0 aliphatic rings. The number of hydrogen-bond donors (Lipinski definition) is 0. The Labute approximate surface area is 155 Å². The lowest BCUT2D eigenvalue weighted by Crippen LogP contribution is -2.30. The van der Waals surface area contributed by atoms with Crippen molar-refractivity contribution in [3.8, 4) is 22.1 Å². The Bertz CT molecular complexity index is 898. The largest absolute Gasteiger partial charge is 0.493 e. The van der Waals surface area contributed by atoms with Gasteiger partial charge in [-0.3, -0.25) is 14.7 Å². The van der Waals surface area contributed by atoms with Crippen LogP contribution in [0.5, 0.6) is 11.5 Å². The summed E-state index contributed by atoms with van der Waals surface area (Å²) in [6.45, 7) is 2.36. The van der Waals surface area contributed by atoms with Gasteiger partial charge in [-0.2, -0.15) is 0 Å². The Morgan fingerprint density at radius 3 is 2.62 bits per heavy atom. The zero-order valence-corrected chi connectivity index (χ0v) is 15.5. The maximum absolute atomic E-state index is 12.9. The standard InChI is InChI=1S/C18H18N4O3S/c1-4-22(17(23)12-7-8-14(24-2)15(10-12)25-3)18-21-20-16(26-18)13-6-5-9-19-11-13/h5-11H,4H2,1-3H3. The number of benzene rings is 1. The molecule has 7 nitrogen and oxygen atoms in total. The fourth-order valence-electron chi connectivity index (χ4n) is 2.42. The van der Waals surface area contributed by atoms with Gasteiger partial charge >= 0.3 is 0 Å². The highest BCUT2D eigenvalue weighted by Gasteiger charge is 2.21. The first-order valence-electron chi connectivity index (χ1n) is 7.95. The number of rotatable bonds is 6. The second kappa shape index (κ2) is 7.92. The van der Waals surface area contributed by atoms with Gasteiger partial charge in [-0.25, -0.2) is 0 Å². The topological polar surface area (TPSA) is 77.4 Å². The Morgan fingerprint density at radius 2 is 1.96 bits per heavy atom. The van der Waals surface area contributed by atoms with Gasteiger partial charge in [-0.15, -0.1) is 10.2 Å². The molecule has 0 N–H and O–H groups in total. The average molecular weight is 370 g/mol. The third-order valence-corrected chi connectivity index (χ3v) is 4.74. The molecule has 3 aromatic rings. The fraction of sp³-hybridized carbons (Fsp3) is 0.222. The van der Waals surface area contributed by atoms with E-state index in [1.54, 1.807) is 42.6 Å². The van der Waals surface area contributed by atoms with Crippen LogP contribution in [-0.2, 0) is 0 Å². The molecule has 0 fully saturated rings. The molecule has 1 amide bonds. The van der Waals surface area contributed by atoms with Gasteiger partial charge in [0.2, 0.25) is 5.13 Å². The molecule has 0 unspecified atom stereocenters. The quantitative estimate of drug-likeness (QED) is 0.663. The van der Waals surface area contributed by atoms with Crippen molar-refractivity contribution in [3.63, 3.8) is 0 Å². The zero-order chi connectivity index (χ0) is 18.5. The molecule has 0 atom stereocenters. The normalized spacial score (nSPS) is 10.4. The van der Waals surface area contributed by atoms with Crippen LogP contribution in [-0.4, -0.2) is 41.9 Å². The zero-order valence-electron chi connectivity index (χ0n) is 14.7. The Balaban J connectivity index is 1.89. The van der Waals surface area contributed by atoms with E-state index in [1.165, 1.54) is 18.4 Å². The first-order chi connectivity index (χ1) is 12.7. The summed E-state index contributed by atoms with van der Waals surface area (Å²) in [5.74, 6) is 0.895. The summed E-state index contributed by atoms with van der Waals surface area (Å²) in [6.07, 6.45) is 3.42. The number of carbonyl (C=O) groups is 1. The number of anilines is 1. The molecular formula is C18H18N4O3S. The summed E-state index contributed by atoms with van der Waals surface area (Å²) >= 11 is 1.35. The third kappa shape index (κ3) is 3.50. The van der Waals surface area contributed by atoms with E-state index < -0.39 is 0 Å². The summed E-state index contributed by atoms with van der Waals surface area (Å²) in [5, 5.41) is 9.61. The van der Waals surface area contributed by atoms with Gasteiger partial charge in [0.1, 0.15) is 0 Å². The maximum atomic E-state index is 12.9. The highest BCUT2D eigenvalue weighted by atomic mass is 32.1. The molecule has 0 bridgehead atoms. The SMILES string of the molecule is CCN(C(=O)c1ccc(OC)c(OC)c1)c1nnc(-c2cccnc2)s1. The molecule has 0 aliphatic heterocycles. The van der Waals surface area contributed by atoms with Crippen molar-refractivity contribution in [2.75, 3.05) is 25.7 Å². The van der Waals surface area contributed by atoms with E-state index in [2.05, 4.69) is 15.2 Å². The van der Waals surface area contributed by atoms with E-state index in [4.69, 9.17) is 9.47 Å². The monoisotopic (exact) mass is 370 g/mol. The number of aromatic nitrogens is 3. The van der Waals surface area contributed by atoms with Crippen LogP contribution in [0.25, 0.3) is 10.6 Å². The van der Waals surface area contributed by atoms with E-state index in [9.17, 15) is 4.79 Å². The van der Waals surface area contributed by atoms with Crippen LogP contribution in [0.1, 0.15) is 17.3 Å². The average Bonchev–Trinajstić information content (AvgIpc) is 3.18. The molecule has 0 aliphatic carbocycles. The number of carbonyl (C=O) groups excluding carboxylic acids is 1. The smallest absolute Gasteiger partial charge is 0.260 e. The number of pyridine rings is 1. The second-order valence-electron chi connectivity index (χ2n) is 5.25. The highest BCUT2D eigenvalue weighted by molar-refractivity contribution is 7.18. The first-order valence-corrected chi connectivity index (χ1v) is 8.77. The van der Waals surface area contributed by atoms with Gasteiger partial charge in [0, 0.05) is 30.1 Å². The Kier molecular flexibility index (Phi) is 5.43. The van der Waals surface area contributed by atoms with Gasteiger partial charge in [0.25, 0.3) is 5.91 Å². The number of ether oxygens (including phenoxy) is 2. The number of amides is 1. The predicted molar refractivity (Wildman–Crippen MR) is 100 cm³/mol. The summed E-state index contributed by atoms with van der Waals surface area (Å²) in [6, 6.07) is 8.82. The minimum Gasteiger partial charge on any atom is -0.493 e. The molecule has 0 radical (unpaired) electrons. The summed E-state index contributed by atoms with van der Waals surface area (Å²) in [5.41, 5.74) is 1.36. The molecule has 0 spiro atoms. The van der Waals surface area contributed by atoms with Crippen LogP contribution < -0.4 is 14.4 Å². The fourth-order valence-corrected chi connectivity index (χ4v) is 3.32. The van der Waals surface area contributed by atoms with Crippen LogP contribution >= 0.6 is 11.3 Å². The van der Waals surface area contributed by atoms with E-state index in [1.807, 2.05) is 19.1 Å². The van der Waals surface area contributed by atoms with Crippen LogP contribution in [0.15, 0.2) is 42.7 Å². The molecule has 2 heterocycles. The molecule has 3 rings (SSSR count). The maximum Gasteiger partial charge on any atom is 0.260 e. The van der Waals surface area contributed by atoms with E-state index in [0.29, 0.717) is 33.7 Å². The first kappa shape index (κ1) is 17.8. The molecular weight excluding hydrogens is 352 g/mol. The number of nitrogens with zero attached hydrogens (tertiary/aromatic N) is 4. The second-order valence-corrected chi connectivity index (χ2v) is 6.21. The van der Waals surface area contributed by atoms with Crippen molar-refractivity contribution >= 4 is 22.4 Å². The lowest BCUT2D eigenvalue weighted by molar-refractivity contribution is 0.0987. The van der Waals surface area contributed by atoms with Crippen molar-refractivity contribution in [2.24, 2.45) is 0 Å². The van der Waals surface area contributed by atoms with Gasteiger partial charge < -0.3 is 9.47 Å². The van der Waals surface area contributed by atoms with Gasteiger partial charge in [-0.1, -0.05) is 11.3 Å². The highest BCUT2D eigenvalue weighted by Crippen LogP contribution is 2.31. The van der Waals surface area contributed by atoms with Crippen LogP contribution in [0.2, 0.25) is 0 Å². The van der Waals surface area contributed by atoms with Gasteiger partial charge in [0.05, 0.1) is 14.2 Å². The van der Waals surface area contributed by atoms with Crippen molar-refractivity contribution < 1.29 is 14.3 Å². The number of hydrogen-bond acceptors (Lipinski definition) is 7. The summed E-state index contributed by atoms with van der Waals surface area (Å²) in [7, 11) is 3.09. The summed E-state index contributed by atoms with van der Waals surface area (Å²) in [4.78, 5) is 18.6. The van der Waals surface area contributed by atoms with Crippen LogP contribution in [0.3, 0.4) is 0 Å². The number of methoxy groups -OCH3 is 2. The minimum atomic E-state index is -0.178. The molecule has 134 valence electrons.